The summed E-state index contributed by atoms with van der Waals surface area (Å²) >= 11 is 0. The van der Waals surface area contributed by atoms with E-state index >= 15 is 0 Å². The minimum atomic E-state index is -0.914. The smallest absolute Gasteiger partial charge is 0.307 e. The zero-order valence-electron chi connectivity index (χ0n) is 18.3. The van der Waals surface area contributed by atoms with E-state index in [-0.39, 0.29) is 17.8 Å². The van der Waals surface area contributed by atoms with Crippen LogP contribution in [0.4, 0.5) is 14.5 Å². The molecule has 1 aliphatic carbocycles. The van der Waals surface area contributed by atoms with Gasteiger partial charge in [-0.1, -0.05) is 42.8 Å². The van der Waals surface area contributed by atoms with E-state index in [1.54, 1.807) is 24.3 Å². The van der Waals surface area contributed by atoms with Crippen molar-refractivity contribution in [3.05, 3.63) is 89.5 Å². The number of hydrogen-bond acceptors (Lipinski definition) is 3. The molecule has 2 atom stereocenters. The summed E-state index contributed by atoms with van der Waals surface area (Å²) < 4.78 is 26.6. The van der Waals surface area contributed by atoms with E-state index in [0.29, 0.717) is 24.1 Å². The maximum atomic E-state index is 13.3. The Morgan fingerprint density at radius 1 is 0.824 bits per heavy atom. The van der Waals surface area contributed by atoms with Crippen LogP contribution in [0.15, 0.2) is 66.7 Å². The maximum absolute atomic E-state index is 13.3. The molecule has 34 heavy (non-hydrogen) atoms. The van der Waals surface area contributed by atoms with Crippen LogP contribution in [-0.2, 0) is 16.0 Å². The number of carbonyl (C=O) groups is 3. The fourth-order valence-electron chi connectivity index (χ4n) is 4.46. The molecule has 2 N–H and O–H groups in total. The van der Waals surface area contributed by atoms with Crippen molar-refractivity contribution in [1.82, 2.24) is 0 Å². The molecule has 174 valence electrons. The van der Waals surface area contributed by atoms with E-state index in [9.17, 15) is 28.3 Å². The third-order valence-corrected chi connectivity index (χ3v) is 6.13. The number of aliphatic carboxylic acids is 1. The summed E-state index contributed by atoms with van der Waals surface area (Å²) in [5, 5.41) is 12.0. The maximum Gasteiger partial charge on any atom is 0.307 e. The number of anilines is 1. The number of nitrogens with one attached hydrogen (secondary N) is 1. The standard InChI is InChI=1S/C27H23F2NO4/c28-20-12-16(13-21(29)15-20)14-25(31)30-22-10-8-18(9-11-22)17-4-6-19(7-5-17)26(32)23-2-1-3-24(23)27(33)34/h4-13,15,23-24H,1-3,14H2,(H,30,31)(H,33,34)/t23-,24-/m0/s1. The van der Waals surface area contributed by atoms with Crippen molar-refractivity contribution in [3.8, 4) is 11.1 Å². The zero-order valence-corrected chi connectivity index (χ0v) is 18.3. The summed E-state index contributed by atoms with van der Waals surface area (Å²) in [7, 11) is 0. The van der Waals surface area contributed by atoms with Crippen LogP contribution in [0.5, 0.6) is 0 Å². The van der Waals surface area contributed by atoms with Gasteiger partial charge in [-0.2, -0.15) is 0 Å². The molecule has 3 aromatic carbocycles. The van der Waals surface area contributed by atoms with Crippen LogP contribution in [0.2, 0.25) is 0 Å². The molecule has 0 spiro atoms. The van der Waals surface area contributed by atoms with Gasteiger partial charge in [0.15, 0.2) is 5.78 Å². The van der Waals surface area contributed by atoms with E-state index in [1.807, 2.05) is 24.3 Å². The van der Waals surface area contributed by atoms with Gasteiger partial charge >= 0.3 is 5.97 Å². The predicted octanol–water partition coefficient (Wildman–Crippen LogP) is 5.50. The first-order valence-electron chi connectivity index (χ1n) is 11.0. The highest BCUT2D eigenvalue weighted by Gasteiger charge is 2.37. The molecule has 0 saturated heterocycles. The number of carbonyl (C=O) groups excluding carboxylic acids is 2. The molecule has 1 amide bonds. The van der Waals surface area contributed by atoms with Crippen LogP contribution in [0.25, 0.3) is 11.1 Å². The number of carboxylic acids is 1. The lowest BCUT2D eigenvalue weighted by Crippen LogP contribution is -2.25. The summed E-state index contributed by atoms with van der Waals surface area (Å²) in [5.74, 6) is -4.00. The summed E-state index contributed by atoms with van der Waals surface area (Å²) in [6.45, 7) is 0. The van der Waals surface area contributed by atoms with Crippen LogP contribution in [-0.4, -0.2) is 22.8 Å². The number of carboxylic acid groups (broad SMARTS) is 1. The molecule has 0 radical (unpaired) electrons. The molecule has 3 aromatic rings. The summed E-state index contributed by atoms with van der Waals surface area (Å²) in [5.41, 5.74) is 3.02. The molecule has 1 fully saturated rings. The molecular weight excluding hydrogens is 440 g/mol. The average molecular weight is 463 g/mol. The van der Waals surface area contributed by atoms with Crippen LogP contribution in [0.1, 0.15) is 35.2 Å². The van der Waals surface area contributed by atoms with E-state index in [0.717, 1.165) is 35.7 Å². The highest BCUT2D eigenvalue weighted by atomic mass is 19.1. The number of hydrogen-bond donors (Lipinski definition) is 2. The van der Waals surface area contributed by atoms with Crippen molar-refractivity contribution in [1.29, 1.82) is 0 Å². The van der Waals surface area contributed by atoms with Gasteiger partial charge in [-0.05, 0) is 53.8 Å². The lowest BCUT2D eigenvalue weighted by atomic mass is 9.88. The quantitative estimate of drug-likeness (QED) is 0.454. The van der Waals surface area contributed by atoms with Gasteiger partial charge in [-0.15, -0.1) is 0 Å². The summed E-state index contributed by atoms with van der Waals surface area (Å²) in [6, 6.07) is 17.1. The van der Waals surface area contributed by atoms with Crippen molar-refractivity contribution in [2.24, 2.45) is 11.8 Å². The van der Waals surface area contributed by atoms with Gasteiger partial charge in [-0.3, -0.25) is 14.4 Å². The van der Waals surface area contributed by atoms with Gasteiger partial charge in [-0.25, -0.2) is 8.78 Å². The minimum absolute atomic E-state index is 0.132. The SMILES string of the molecule is O=C(Cc1cc(F)cc(F)c1)Nc1ccc(-c2ccc(C(=O)[C@H]3CCC[C@@H]3C(=O)O)cc2)cc1. The van der Waals surface area contributed by atoms with Crippen LogP contribution >= 0.6 is 0 Å². The fraction of sp³-hybridized carbons (Fsp3) is 0.222. The van der Waals surface area contributed by atoms with Crippen LogP contribution < -0.4 is 5.32 Å². The lowest BCUT2D eigenvalue weighted by molar-refractivity contribution is -0.142. The van der Waals surface area contributed by atoms with E-state index in [2.05, 4.69) is 5.32 Å². The Morgan fingerprint density at radius 2 is 1.38 bits per heavy atom. The van der Waals surface area contributed by atoms with Gasteiger partial charge in [0.1, 0.15) is 11.6 Å². The first-order chi connectivity index (χ1) is 16.3. The van der Waals surface area contributed by atoms with Crippen LogP contribution in [0, 0.1) is 23.5 Å². The monoisotopic (exact) mass is 463 g/mol. The molecular formula is C27H23F2NO4. The minimum Gasteiger partial charge on any atom is -0.481 e. The van der Waals surface area contributed by atoms with E-state index < -0.39 is 35.3 Å². The Kier molecular flexibility index (Phi) is 6.82. The van der Waals surface area contributed by atoms with Crippen molar-refractivity contribution in [3.63, 3.8) is 0 Å². The highest BCUT2D eigenvalue weighted by Crippen LogP contribution is 2.35. The second-order valence-corrected chi connectivity index (χ2v) is 8.50. The molecule has 0 aliphatic heterocycles. The molecule has 1 saturated carbocycles. The molecule has 1 aliphatic rings. The van der Waals surface area contributed by atoms with Crippen molar-refractivity contribution in [2.45, 2.75) is 25.7 Å². The topological polar surface area (TPSA) is 83.5 Å². The zero-order chi connectivity index (χ0) is 24.2. The molecule has 0 aromatic heterocycles. The summed E-state index contributed by atoms with van der Waals surface area (Å²) in [6.07, 6.45) is 1.72. The average Bonchev–Trinajstić information content (AvgIpc) is 3.29. The van der Waals surface area contributed by atoms with Crippen molar-refractivity contribution < 1.29 is 28.3 Å². The first kappa shape index (κ1) is 23.3. The van der Waals surface area contributed by atoms with Gasteiger partial charge in [0.05, 0.1) is 12.3 Å². The van der Waals surface area contributed by atoms with Gasteiger partial charge in [0.25, 0.3) is 0 Å². The number of halogens is 2. The molecule has 0 heterocycles. The van der Waals surface area contributed by atoms with Gasteiger partial charge in [0, 0.05) is 23.2 Å². The summed E-state index contributed by atoms with van der Waals surface area (Å²) in [4.78, 5) is 36.4. The number of ketones is 1. The molecule has 0 bridgehead atoms. The Bertz CT molecular complexity index is 1200. The third kappa shape index (κ3) is 5.36. The number of Topliss-reactive ketones (excluding diaryl/α,β-unsaturated/α-hetero) is 1. The molecule has 7 heteroatoms. The molecule has 4 rings (SSSR count). The van der Waals surface area contributed by atoms with Crippen LogP contribution in [0.3, 0.4) is 0 Å². The lowest BCUT2D eigenvalue weighted by Gasteiger charge is -2.14. The number of rotatable bonds is 7. The fourth-order valence-corrected chi connectivity index (χ4v) is 4.46. The number of amides is 1. The second-order valence-electron chi connectivity index (χ2n) is 8.50. The van der Waals surface area contributed by atoms with E-state index in [4.69, 9.17) is 0 Å². The molecule has 5 nitrogen and oxygen atoms in total. The van der Waals surface area contributed by atoms with E-state index in [1.165, 1.54) is 0 Å². The highest BCUT2D eigenvalue weighted by molar-refractivity contribution is 6.00. The Hall–Kier alpha value is -3.87. The van der Waals surface area contributed by atoms with Crippen molar-refractivity contribution in [2.75, 3.05) is 5.32 Å². The molecule has 0 unspecified atom stereocenters. The number of benzene rings is 3. The Morgan fingerprint density at radius 3 is 1.97 bits per heavy atom. The predicted molar refractivity (Wildman–Crippen MR) is 123 cm³/mol. The first-order valence-corrected chi connectivity index (χ1v) is 11.0. The van der Waals surface area contributed by atoms with Gasteiger partial charge in [0.2, 0.25) is 5.91 Å². The normalized spacial score (nSPS) is 17.4. The Labute approximate surface area is 195 Å². The second kappa shape index (κ2) is 9.95. The third-order valence-electron chi connectivity index (χ3n) is 6.13. The van der Waals surface area contributed by atoms with Crippen molar-refractivity contribution >= 4 is 23.3 Å². The Balaban J connectivity index is 1.39. The van der Waals surface area contributed by atoms with Gasteiger partial charge < -0.3 is 10.4 Å². The largest absolute Gasteiger partial charge is 0.481 e.